The Labute approximate surface area is 159 Å². The summed E-state index contributed by atoms with van der Waals surface area (Å²) in [5.74, 6) is -0.698. The van der Waals surface area contributed by atoms with Gasteiger partial charge in [-0.1, -0.05) is 42.1 Å². The molecule has 0 atom stereocenters. The molecule has 0 N–H and O–H groups in total. The van der Waals surface area contributed by atoms with E-state index in [0.717, 1.165) is 4.90 Å². The number of imide groups is 1. The smallest absolute Gasteiger partial charge is 0.262 e. The zero-order chi connectivity index (χ0) is 19.0. The van der Waals surface area contributed by atoms with Crippen LogP contribution in [-0.2, 0) is 0 Å². The number of imidazole rings is 1. The fourth-order valence-electron chi connectivity index (χ4n) is 3.06. The van der Waals surface area contributed by atoms with Crippen molar-refractivity contribution >= 4 is 40.5 Å². The monoisotopic (exact) mass is 377 g/mol. The van der Waals surface area contributed by atoms with Crippen molar-refractivity contribution in [2.75, 3.05) is 12.3 Å². The van der Waals surface area contributed by atoms with Gasteiger partial charge in [0.15, 0.2) is 5.16 Å². The Bertz CT molecular complexity index is 1070. The van der Waals surface area contributed by atoms with E-state index in [9.17, 15) is 14.4 Å². The second kappa shape index (κ2) is 6.85. The number of hydrogen-bond donors (Lipinski definition) is 0. The van der Waals surface area contributed by atoms with Crippen LogP contribution in [0, 0.1) is 0 Å². The first-order chi connectivity index (χ1) is 13.1. The summed E-state index contributed by atoms with van der Waals surface area (Å²) in [6.07, 6.45) is 1.73. The summed E-state index contributed by atoms with van der Waals surface area (Å²) in [4.78, 5) is 43.6. The Morgan fingerprint density at radius 3 is 2.33 bits per heavy atom. The Morgan fingerprint density at radius 2 is 1.67 bits per heavy atom. The number of benzene rings is 2. The zero-order valence-corrected chi connectivity index (χ0v) is 15.1. The van der Waals surface area contributed by atoms with Gasteiger partial charge in [0.25, 0.3) is 17.7 Å². The summed E-state index contributed by atoms with van der Waals surface area (Å²) in [5.41, 5.74) is 1.98. The number of aromatic nitrogens is 2. The topological polar surface area (TPSA) is 72.3 Å². The van der Waals surface area contributed by atoms with E-state index >= 15 is 0 Å². The predicted molar refractivity (Wildman–Crippen MR) is 103 cm³/mol. The number of nitrogens with zero attached hydrogens (tertiary/aromatic N) is 3. The Morgan fingerprint density at radius 1 is 1.04 bits per heavy atom. The molecule has 0 saturated heterocycles. The van der Waals surface area contributed by atoms with E-state index in [1.54, 1.807) is 36.4 Å². The second-order valence-corrected chi connectivity index (χ2v) is 6.94. The Kier molecular flexibility index (Phi) is 4.37. The first kappa shape index (κ1) is 17.2. The van der Waals surface area contributed by atoms with Crippen molar-refractivity contribution in [3.8, 4) is 0 Å². The number of fused-ring (bicyclic) bond motifs is 2. The van der Waals surface area contributed by atoms with Crippen LogP contribution in [0.5, 0.6) is 0 Å². The van der Waals surface area contributed by atoms with Gasteiger partial charge in [-0.2, -0.15) is 0 Å². The van der Waals surface area contributed by atoms with Gasteiger partial charge in [-0.3, -0.25) is 23.9 Å². The highest BCUT2D eigenvalue weighted by Crippen LogP contribution is 2.26. The minimum Gasteiger partial charge on any atom is -0.272 e. The summed E-state index contributed by atoms with van der Waals surface area (Å²) in [7, 11) is 0. The lowest BCUT2D eigenvalue weighted by Crippen LogP contribution is -2.37. The summed E-state index contributed by atoms with van der Waals surface area (Å²) in [6, 6.07) is 13.9. The molecule has 27 heavy (non-hydrogen) atoms. The van der Waals surface area contributed by atoms with Gasteiger partial charge >= 0.3 is 0 Å². The number of rotatable bonds is 5. The van der Waals surface area contributed by atoms with Crippen LogP contribution in [-0.4, -0.2) is 44.5 Å². The van der Waals surface area contributed by atoms with E-state index in [0.29, 0.717) is 33.1 Å². The fourth-order valence-corrected chi connectivity index (χ4v) is 3.82. The molecule has 6 nitrogen and oxygen atoms in total. The lowest BCUT2D eigenvalue weighted by molar-refractivity contribution is 0.0603. The van der Waals surface area contributed by atoms with Gasteiger partial charge < -0.3 is 0 Å². The summed E-state index contributed by atoms with van der Waals surface area (Å²) < 4.78 is 1.47. The quantitative estimate of drug-likeness (QED) is 0.388. The summed E-state index contributed by atoms with van der Waals surface area (Å²) in [6.45, 7) is 3.35. The second-order valence-electron chi connectivity index (χ2n) is 5.95. The van der Waals surface area contributed by atoms with Crippen molar-refractivity contribution in [2.24, 2.45) is 0 Å². The Balaban J connectivity index is 1.69. The molecule has 134 valence electrons. The van der Waals surface area contributed by atoms with Gasteiger partial charge in [0.05, 0.1) is 22.2 Å². The molecular weight excluding hydrogens is 362 g/mol. The molecule has 1 aromatic heterocycles. The van der Waals surface area contributed by atoms with E-state index in [-0.39, 0.29) is 12.5 Å². The number of thioether (sulfide) groups is 1. The van der Waals surface area contributed by atoms with Gasteiger partial charge in [-0.15, -0.1) is 6.58 Å². The SMILES string of the molecule is C=CCSc1nc2ccccc2n1C(=O)CN1C(=O)c2ccccc2C1=O. The molecule has 2 aromatic carbocycles. The molecule has 0 spiro atoms. The summed E-state index contributed by atoms with van der Waals surface area (Å²) in [5, 5.41) is 0.512. The van der Waals surface area contributed by atoms with E-state index in [1.807, 2.05) is 18.2 Å². The van der Waals surface area contributed by atoms with Gasteiger partial charge in [0.2, 0.25) is 0 Å². The molecule has 7 heteroatoms. The predicted octanol–water partition coefficient (Wildman–Crippen LogP) is 3.25. The summed E-state index contributed by atoms with van der Waals surface area (Å²) >= 11 is 1.37. The van der Waals surface area contributed by atoms with Crippen molar-refractivity contribution in [3.05, 3.63) is 72.3 Å². The maximum absolute atomic E-state index is 13.0. The first-order valence-electron chi connectivity index (χ1n) is 8.31. The van der Waals surface area contributed by atoms with Gasteiger partial charge in [0, 0.05) is 5.75 Å². The highest BCUT2D eigenvalue weighted by molar-refractivity contribution is 7.99. The molecule has 0 aliphatic carbocycles. The third-order valence-corrected chi connectivity index (χ3v) is 5.22. The molecule has 0 radical (unpaired) electrons. The number of para-hydroxylation sites is 2. The maximum atomic E-state index is 13.0. The number of carbonyl (C=O) groups excluding carboxylic acids is 3. The average molecular weight is 377 g/mol. The number of carbonyl (C=O) groups is 3. The van der Waals surface area contributed by atoms with Crippen LogP contribution in [0.25, 0.3) is 11.0 Å². The highest BCUT2D eigenvalue weighted by Gasteiger charge is 2.37. The molecular formula is C20H15N3O3S. The molecule has 1 aliphatic rings. The van der Waals surface area contributed by atoms with Crippen LogP contribution >= 0.6 is 11.8 Å². The van der Waals surface area contributed by atoms with Gasteiger partial charge in [0.1, 0.15) is 6.54 Å². The average Bonchev–Trinajstić information content (AvgIpc) is 3.17. The molecule has 0 fully saturated rings. The van der Waals surface area contributed by atoms with E-state index in [2.05, 4.69) is 11.6 Å². The van der Waals surface area contributed by atoms with Crippen molar-refractivity contribution in [1.82, 2.24) is 14.5 Å². The van der Waals surface area contributed by atoms with Crippen LogP contribution in [0.3, 0.4) is 0 Å². The van der Waals surface area contributed by atoms with E-state index < -0.39 is 11.8 Å². The zero-order valence-electron chi connectivity index (χ0n) is 14.3. The standard InChI is InChI=1S/C20H15N3O3S/c1-2-11-27-20-21-15-9-5-6-10-16(15)23(20)17(24)12-22-18(25)13-7-3-4-8-14(13)19(22)26/h2-10H,1,11-12H2. The highest BCUT2D eigenvalue weighted by atomic mass is 32.2. The third kappa shape index (κ3) is 2.86. The van der Waals surface area contributed by atoms with E-state index in [1.165, 1.54) is 16.3 Å². The third-order valence-electron chi connectivity index (χ3n) is 4.28. The van der Waals surface area contributed by atoms with Crippen LogP contribution in [0.15, 0.2) is 66.3 Å². The van der Waals surface area contributed by atoms with Crippen LogP contribution in [0.1, 0.15) is 25.5 Å². The van der Waals surface area contributed by atoms with Gasteiger partial charge in [-0.05, 0) is 24.3 Å². The largest absolute Gasteiger partial charge is 0.272 e. The molecule has 0 saturated carbocycles. The molecule has 4 rings (SSSR count). The maximum Gasteiger partial charge on any atom is 0.262 e. The molecule has 2 heterocycles. The van der Waals surface area contributed by atoms with Crippen LogP contribution in [0.2, 0.25) is 0 Å². The molecule has 2 amide bonds. The lowest BCUT2D eigenvalue weighted by atomic mass is 10.1. The Hall–Kier alpha value is -3.19. The van der Waals surface area contributed by atoms with Gasteiger partial charge in [-0.25, -0.2) is 4.98 Å². The van der Waals surface area contributed by atoms with Crippen LogP contribution in [0.4, 0.5) is 0 Å². The van der Waals surface area contributed by atoms with Crippen molar-refractivity contribution in [3.63, 3.8) is 0 Å². The molecule has 0 bridgehead atoms. The molecule has 0 unspecified atom stereocenters. The number of amides is 2. The van der Waals surface area contributed by atoms with E-state index in [4.69, 9.17) is 0 Å². The normalized spacial score (nSPS) is 13.3. The minimum atomic E-state index is -0.450. The fraction of sp³-hybridized carbons (Fsp3) is 0.100. The van der Waals surface area contributed by atoms with Crippen LogP contribution < -0.4 is 0 Å². The van der Waals surface area contributed by atoms with Crippen molar-refractivity contribution < 1.29 is 14.4 Å². The minimum absolute atomic E-state index is 0.326. The first-order valence-corrected chi connectivity index (χ1v) is 9.30. The molecule has 3 aromatic rings. The van der Waals surface area contributed by atoms with Crippen molar-refractivity contribution in [1.29, 1.82) is 0 Å². The number of hydrogen-bond acceptors (Lipinski definition) is 5. The molecule has 1 aliphatic heterocycles. The lowest BCUT2D eigenvalue weighted by Gasteiger charge is -2.14. The van der Waals surface area contributed by atoms with Crippen molar-refractivity contribution in [2.45, 2.75) is 5.16 Å².